The van der Waals surface area contributed by atoms with Crippen LogP contribution in [0.25, 0.3) is 22.3 Å². The molecule has 0 saturated heterocycles. The Hall–Kier alpha value is -2.20. The molecule has 3 aromatic carbocycles. The number of ether oxygens (including phenoxy) is 2. The van der Waals surface area contributed by atoms with Crippen molar-refractivity contribution in [3.8, 4) is 33.8 Å². The van der Waals surface area contributed by atoms with E-state index in [1.165, 1.54) is 20.3 Å². The molecule has 0 amide bonds. The minimum atomic E-state index is -4.96. The number of methoxy groups -OCH3 is 2. The zero-order valence-corrected chi connectivity index (χ0v) is 21.0. The molecule has 0 fully saturated rings. The maximum absolute atomic E-state index is 13.5. The van der Waals surface area contributed by atoms with Crippen LogP contribution in [0.15, 0.2) is 48.5 Å². The predicted molar refractivity (Wildman–Crippen MR) is 126 cm³/mol. The molecule has 0 radical (unpaired) electrons. The van der Waals surface area contributed by atoms with Gasteiger partial charge < -0.3 is 9.47 Å². The molecular formula is C24H18Br2F6O2. The van der Waals surface area contributed by atoms with E-state index in [1.807, 2.05) is 6.07 Å². The van der Waals surface area contributed by atoms with Gasteiger partial charge in [-0.25, -0.2) is 0 Å². The van der Waals surface area contributed by atoms with Crippen LogP contribution >= 0.6 is 31.9 Å². The van der Waals surface area contributed by atoms with E-state index >= 15 is 0 Å². The Labute approximate surface area is 209 Å². The maximum Gasteiger partial charge on any atom is 0.416 e. The van der Waals surface area contributed by atoms with Crippen molar-refractivity contribution in [3.05, 3.63) is 70.8 Å². The number of rotatable bonds is 6. The summed E-state index contributed by atoms with van der Waals surface area (Å²) in [5, 5.41) is 0.783. The minimum Gasteiger partial charge on any atom is -0.496 e. The van der Waals surface area contributed by atoms with Crippen LogP contribution in [0.3, 0.4) is 0 Å². The van der Waals surface area contributed by atoms with Gasteiger partial charge in [-0.15, -0.1) is 0 Å². The van der Waals surface area contributed by atoms with Gasteiger partial charge in [-0.1, -0.05) is 56.1 Å². The second-order valence-corrected chi connectivity index (χ2v) is 8.36. The number of alkyl halides is 8. The quantitative estimate of drug-likeness (QED) is 0.205. The van der Waals surface area contributed by atoms with Crippen LogP contribution in [0.5, 0.6) is 11.5 Å². The lowest BCUT2D eigenvalue weighted by atomic mass is 9.89. The van der Waals surface area contributed by atoms with Crippen LogP contribution in [0.1, 0.15) is 22.3 Å². The summed E-state index contributed by atoms with van der Waals surface area (Å²) in [6, 6.07) is 9.92. The fraction of sp³-hybridized carbons (Fsp3) is 0.250. The third kappa shape index (κ3) is 5.22. The summed E-state index contributed by atoms with van der Waals surface area (Å²) in [4.78, 5) is 0. The van der Waals surface area contributed by atoms with Gasteiger partial charge in [0.2, 0.25) is 0 Å². The first-order valence-electron chi connectivity index (χ1n) is 9.74. The normalized spacial score (nSPS) is 12.1. The summed E-state index contributed by atoms with van der Waals surface area (Å²) < 4.78 is 92.0. The van der Waals surface area contributed by atoms with Crippen LogP contribution in [-0.4, -0.2) is 14.2 Å². The number of hydrogen-bond acceptors (Lipinski definition) is 2. The molecule has 0 atom stereocenters. The van der Waals surface area contributed by atoms with E-state index < -0.39 is 23.5 Å². The first-order chi connectivity index (χ1) is 16.0. The Bertz CT molecular complexity index is 1130. The molecule has 0 spiro atoms. The van der Waals surface area contributed by atoms with E-state index in [1.54, 1.807) is 18.2 Å². The second-order valence-electron chi connectivity index (χ2n) is 7.24. The van der Waals surface area contributed by atoms with Crippen LogP contribution in [0.2, 0.25) is 0 Å². The third-order valence-electron chi connectivity index (χ3n) is 5.22. The molecule has 0 aliphatic heterocycles. The second kappa shape index (κ2) is 10.2. The molecule has 0 aliphatic carbocycles. The van der Waals surface area contributed by atoms with Crippen molar-refractivity contribution < 1.29 is 35.8 Å². The first kappa shape index (κ1) is 26.4. The monoisotopic (exact) mass is 610 g/mol. The molecule has 0 unspecified atom stereocenters. The van der Waals surface area contributed by atoms with Crippen molar-refractivity contribution in [1.29, 1.82) is 0 Å². The average Bonchev–Trinajstić information content (AvgIpc) is 2.80. The standard InChI is InChI=1S/C24H18Br2F6O2/c1-33-19-5-3-4-13(11-25)20(19)21-14(12-26)6-7-18(22(21)34-2)15-8-16(23(27,28)29)10-17(9-15)24(30,31)32/h3-10H,11-12H2,1-2H3. The Morgan fingerprint density at radius 1 is 0.706 bits per heavy atom. The molecule has 0 aromatic heterocycles. The largest absolute Gasteiger partial charge is 0.496 e. The molecule has 2 nitrogen and oxygen atoms in total. The van der Waals surface area contributed by atoms with Crippen molar-refractivity contribution >= 4 is 31.9 Å². The first-order valence-corrected chi connectivity index (χ1v) is 12.0. The van der Waals surface area contributed by atoms with Crippen molar-refractivity contribution in [2.24, 2.45) is 0 Å². The van der Waals surface area contributed by atoms with E-state index in [9.17, 15) is 26.3 Å². The third-order valence-corrected chi connectivity index (χ3v) is 6.43. The van der Waals surface area contributed by atoms with Crippen molar-refractivity contribution in [3.63, 3.8) is 0 Å². The lowest BCUT2D eigenvalue weighted by molar-refractivity contribution is -0.143. The van der Waals surface area contributed by atoms with E-state index in [0.29, 0.717) is 39.7 Å². The predicted octanol–water partition coefficient (Wildman–Crippen LogP) is 8.87. The van der Waals surface area contributed by atoms with Gasteiger partial charge in [0.25, 0.3) is 0 Å². The van der Waals surface area contributed by atoms with Gasteiger partial charge in [-0.3, -0.25) is 0 Å². The van der Waals surface area contributed by atoms with Gasteiger partial charge in [0.15, 0.2) is 0 Å². The van der Waals surface area contributed by atoms with Gasteiger partial charge >= 0.3 is 12.4 Å². The minimum absolute atomic E-state index is 0.0882. The van der Waals surface area contributed by atoms with Gasteiger partial charge in [0.05, 0.1) is 25.3 Å². The number of hydrogen-bond donors (Lipinski definition) is 0. The molecule has 10 heteroatoms. The van der Waals surface area contributed by atoms with Gasteiger partial charge in [0, 0.05) is 27.4 Å². The lowest BCUT2D eigenvalue weighted by Gasteiger charge is -2.22. The van der Waals surface area contributed by atoms with Gasteiger partial charge in [-0.05, 0) is 41.0 Å². The Morgan fingerprint density at radius 3 is 1.74 bits per heavy atom. The van der Waals surface area contributed by atoms with Gasteiger partial charge in [-0.2, -0.15) is 26.3 Å². The average molecular weight is 612 g/mol. The Balaban J connectivity index is 2.43. The molecule has 0 aliphatic rings. The van der Waals surface area contributed by atoms with Crippen LogP contribution in [0.4, 0.5) is 26.3 Å². The molecular weight excluding hydrogens is 594 g/mol. The zero-order valence-electron chi connectivity index (χ0n) is 17.9. The Morgan fingerprint density at radius 2 is 1.26 bits per heavy atom. The van der Waals surface area contributed by atoms with Crippen molar-refractivity contribution in [2.75, 3.05) is 14.2 Å². The SMILES string of the molecule is COc1cccc(CBr)c1-c1c(CBr)ccc(-c2cc(C(F)(F)F)cc(C(F)(F)F)c2)c1OC. The highest BCUT2D eigenvalue weighted by Gasteiger charge is 2.37. The molecule has 0 bridgehead atoms. The lowest BCUT2D eigenvalue weighted by Crippen LogP contribution is -2.11. The fourth-order valence-corrected chi connectivity index (χ4v) is 4.63. The molecule has 0 saturated carbocycles. The molecule has 3 rings (SSSR count). The topological polar surface area (TPSA) is 18.5 Å². The number of benzene rings is 3. The summed E-state index contributed by atoms with van der Waals surface area (Å²) in [6.45, 7) is 0. The van der Waals surface area contributed by atoms with Crippen LogP contribution in [0, 0.1) is 0 Å². The van der Waals surface area contributed by atoms with Crippen LogP contribution in [-0.2, 0) is 23.0 Å². The molecule has 34 heavy (non-hydrogen) atoms. The Kier molecular flexibility index (Phi) is 7.92. The summed E-state index contributed by atoms with van der Waals surface area (Å²) in [6.07, 6.45) is -9.93. The van der Waals surface area contributed by atoms with Crippen LogP contribution < -0.4 is 9.47 Å². The van der Waals surface area contributed by atoms with Crippen molar-refractivity contribution in [1.82, 2.24) is 0 Å². The van der Waals surface area contributed by atoms with E-state index in [0.717, 1.165) is 11.1 Å². The molecule has 3 aromatic rings. The highest BCUT2D eigenvalue weighted by Crippen LogP contribution is 2.48. The molecule has 0 N–H and O–H groups in total. The maximum atomic E-state index is 13.5. The van der Waals surface area contributed by atoms with E-state index in [4.69, 9.17) is 9.47 Å². The molecule has 182 valence electrons. The number of halogens is 8. The highest BCUT2D eigenvalue weighted by molar-refractivity contribution is 9.08. The summed E-state index contributed by atoms with van der Waals surface area (Å²) >= 11 is 6.84. The van der Waals surface area contributed by atoms with E-state index in [2.05, 4.69) is 31.9 Å². The highest BCUT2D eigenvalue weighted by atomic mass is 79.9. The summed E-state index contributed by atoms with van der Waals surface area (Å²) in [7, 11) is 2.80. The fourth-order valence-electron chi connectivity index (χ4n) is 3.70. The van der Waals surface area contributed by atoms with Gasteiger partial charge in [0.1, 0.15) is 11.5 Å². The molecule has 0 heterocycles. The van der Waals surface area contributed by atoms with Crippen molar-refractivity contribution in [2.45, 2.75) is 23.0 Å². The van der Waals surface area contributed by atoms with E-state index in [-0.39, 0.29) is 22.9 Å². The smallest absolute Gasteiger partial charge is 0.416 e. The summed E-state index contributed by atoms with van der Waals surface area (Å²) in [5.74, 6) is 0.616. The summed E-state index contributed by atoms with van der Waals surface area (Å²) in [5.41, 5.74) is -0.324. The zero-order chi connectivity index (χ0) is 25.3.